The van der Waals surface area contributed by atoms with Crippen molar-refractivity contribution in [3.8, 4) is 0 Å². The van der Waals surface area contributed by atoms with E-state index in [9.17, 15) is 0 Å². The molecule has 0 atom stereocenters. The molecule has 1 fully saturated rings. The van der Waals surface area contributed by atoms with Crippen molar-refractivity contribution in [3.05, 3.63) is 20.8 Å². The van der Waals surface area contributed by atoms with Crippen LogP contribution in [0.5, 0.6) is 0 Å². The molecule has 1 aliphatic heterocycles. The lowest BCUT2D eigenvalue weighted by molar-refractivity contribution is 0.0777. The van der Waals surface area contributed by atoms with E-state index in [1.165, 1.54) is 8.66 Å². The van der Waals surface area contributed by atoms with Crippen LogP contribution in [0, 0.1) is 0 Å². The predicted octanol–water partition coefficient (Wildman–Crippen LogP) is 2.78. The predicted molar refractivity (Wildman–Crippen MR) is 62.7 cm³/mol. The number of hydrogen-bond acceptors (Lipinski definition) is 3. The van der Waals surface area contributed by atoms with Crippen LogP contribution in [0.15, 0.2) is 15.9 Å². The molecule has 1 saturated heterocycles. The Morgan fingerprint density at radius 2 is 2.21 bits per heavy atom. The zero-order chi connectivity index (χ0) is 9.80. The largest absolute Gasteiger partial charge is 0.381 e. The van der Waals surface area contributed by atoms with Crippen molar-refractivity contribution in [2.24, 2.45) is 0 Å². The highest BCUT2D eigenvalue weighted by molar-refractivity contribution is 9.11. The highest BCUT2D eigenvalue weighted by Crippen LogP contribution is 2.22. The van der Waals surface area contributed by atoms with Gasteiger partial charge in [-0.25, -0.2) is 0 Å². The second-order valence-corrected chi connectivity index (χ2v) is 6.02. The van der Waals surface area contributed by atoms with Gasteiger partial charge in [-0.15, -0.1) is 11.3 Å². The quantitative estimate of drug-likeness (QED) is 0.916. The molecule has 0 saturated carbocycles. The van der Waals surface area contributed by atoms with Crippen molar-refractivity contribution in [1.29, 1.82) is 0 Å². The van der Waals surface area contributed by atoms with E-state index in [4.69, 9.17) is 4.74 Å². The topological polar surface area (TPSA) is 21.3 Å². The van der Waals surface area contributed by atoms with Crippen LogP contribution in [-0.4, -0.2) is 19.3 Å². The molecule has 1 N–H and O–H groups in total. The lowest BCUT2D eigenvalue weighted by Gasteiger charge is -2.22. The van der Waals surface area contributed by atoms with Crippen LogP contribution >= 0.6 is 27.3 Å². The number of ether oxygens (including phenoxy) is 1. The van der Waals surface area contributed by atoms with Gasteiger partial charge < -0.3 is 10.1 Å². The van der Waals surface area contributed by atoms with Crippen LogP contribution in [0.4, 0.5) is 0 Å². The maximum atomic E-state index is 5.31. The second kappa shape index (κ2) is 5.26. The average Bonchev–Trinajstić information content (AvgIpc) is 2.63. The van der Waals surface area contributed by atoms with E-state index >= 15 is 0 Å². The Labute approximate surface area is 96.8 Å². The fourth-order valence-electron chi connectivity index (χ4n) is 1.59. The fourth-order valence-corrected chi connectivity index (χ4v) is 3.03. The van der Waals surface area contributed by atoms with E-state index in [0.29, 0.717) is 6.04 Å². The molecule has 2 nitrogen and oxygen atoms in total. The average molecular weight is 276 g/mol. The molecule has 0 bridgehead atoms. The van der Waals surface area contributed by atoms with Crippen LogP contribution in [0.3, 0.4) is 0 Å². The number of nitrogens with one attached hydrogen (secondary N) is 1. The summed E-state index contributed by atoms with van der Waals surface area (Å²) in [5, 5.41) is 3.56. The molecule has 0 aromatic carbocycles. The Morgan fingerprint density at radius 1 is 1.43 bits per heavy atom. The Morgan fingerprint density at radius 3 is 2.86 bits per heavy atom. The molecule has 0 aliphatic carbocycles. The molecule has 14 heavy (non-hydrogen) atoms. The minimum Gasteiger partial charge on any atom is -0.381 e. The first kappa shape index (κ1) is 10.6. The van der Waals surface area contributed by atoms with Gasteiger partial charge in [-0.05, 0) is 40.9 Å². The number of rotatable bonds is 3. The molecule has 1 aromatic rings. The van der Waals surface area contributed by atoms with Crippen LogP contribution in [-0.2, 0) is 11.3 Å². The molecule has 0 spiro atoms. The Kier molecular flexibility index (Phi) is 3.99. The molecule has 1 aliphatic rings. The summed E-state index contributed by atoms with van der Waals surface area (Å²) in [7, 11) is 0. The summed E-state index contributed by atoms with van der Waals surface area (Å²) in [5.41, 5.74) is 0. The Balaban J connectivity index is 1.76. The number of hydrogen-bond donors (Lipinski definition) is 1. The molecule has 4 heteroatoms. The van der Waals surface area contributed by atoms with E-state index in [1.54, 1.807) is 11.3 Å². The normalized spacial score (nSPS) is 18.6. The van der Waals surface area contributed by atoms with E-state index < -0.39 is 0 Å². The van der Waals surface area contributed by atoms with Crippen LogP contribution in [0.1, 0.15) is 17.7 Å². The van der Waals surface area contributed by atoms with Crippen molar-refractivity contribution < 1.29 is 4.74 Å². The lowest BCUT2D eigenvalue weighted by atomic mass is 10.1. The van der Waals surface area contributed by atoms with Gasteiger partial charge in [0.25, 0.3) is 0 Å². The Bertz CT molecular complexity index is 283. The van der Waals surface area contributed by atoms with Gasteiger partial charge in [-0.2, -0.15) is 0 Å². The fraction of sp³-hybridized carbons (Fsp3) is 0.600. The van der Waals surface area contributed by atoms with Gasteiger partial charge >= 0.3 is 0 Å². The third kappa shape index (κ3) is 3.05. The first-order valence-corrected chi connectivity index (χ1v) is 6.51. The first-order valence-electron chi connectivity index (χ1n) is 4.90. The van der Waals surface area contributed by atoms with Crippen LogP contribution < -0.4 is 5.32 Å². The summed E-state index contributed by atoms with van der Waals surface area (Å²) in [4.78, 5) is 1.39. The summed E-state index contributed by atoms with van der Waals surface area (Å²) in [6.07, 6.45) is 2.29. The third-order valence-corrected chi connectivity index (χ3v) is 4.04. The molecular weight excluding hydrogens is 262 g/mol. The van der Waals surface area contributed by atoms with E-state index in [0.717, 1.165) is 32.6 Å². The van der Waals surface area contributed by atoms with Crippen molar-refractivity contribution in [3.63, 3.8) is 0 Å². The van der Waals surface area contributed by atoms with E-state index in [2.05, 4.69) is 33.4 Å². The molecular formula is C10H14BrNOS. The standard InChI is InChI=1S/C10H14BrNOS/c11-10-2-1-9(14-10)7-12-8-3-5-13-6-4-8/h1-2,8,12H,3-7H2. The van der Waals surface area contributed by atoms with Gasteiger partial charge in [0, 0.05) is 30.7 Å². The SMILES string of the molecule is Brc1ccc(CNC2CCOCC2)s1. The summed E-state index contributed by atoms with van der Waals surface area (Å²) >= 11 is 5.27. The molecule has 0 unspecified atom stereocenters. The van der Waals surface area contributed by atoms with Gasteiger partial charge in [0.1, 0.15) is 0 Å². The zero-order valence-corrected chi connectivity index (χ0v) is 10.4. The molecule has 78 valence electrons. The summed E-state index contributed by atoms with van der Waals surface area (Å²) in [6.45, 7) is 2.80. The first-order chi connectivity index (χ1) is 6.84. The van der Waals surface area contributed by atoms with Crippen molar-refractivity contribution in [1.82, 2.24) is 5.32 Å². The van der Waals surface area contributed by atoms with Crippen LogP contribution in [0.2, 0.25) is 0 Å². The number of thiophene rings is 1. The smallest absolute Gasteiger partial charge is 0.0701 e. The van der Waals surface area contributed by atoms with Gasteiger partial charge in [-0.3, -0.25) is 0 Å². The highest BCUT2D eigenvalue weighted by Gasteiger charge is 2.12. The van der Waals surface area contributed by atoms with Crippen molar-refractivity contribution in [2.45, 2.75) is 25.4 Å². The molecule has 2 heterocycles. The third-order valence-electron chi connectivity index (χ3n) is 2.42. The zero-order valence-electron chi connectivity index (χ0n) is 7.96. The van der Waals surface area contributed by atoms with Gasteiger partial charge in [0.2, 0.25) is 0 Å². The minimum absolute atomic E-state index is 0.643. The lowest BCUT2D eigenvalue weighted by Crippen LogP contribution is -2.34. The monoisotopic (exact) mass is 275 g/mol. The van der Waals surface area contributed by atoms with Crippen LogP contribution in [0.25, 0.3) is 0 Å². The summed E-state index contributed by atoms with van der Waals surface area (Å²) in [5.74, 6) is 0. The second-order valence-electron chi connectivity index (χ2n) is 3.47. The molecule has 0 radical (unpaired) electrons. The van der Waals surface area contributed by atoms with E-state index in [1.807, 2.05) is 0 Å². The maximum Gasteiger partial charge on any atom is 0.0701 e. The maximum absolute atomic E-state index is 5.31. The van der Waals surface area contributed by atoms with Gasteiger partial charge in [0.15, 0.2) is 0 Å². The van der Waals surface area contributed by atoms with Gasteiger partial charge in [0.05, 0.1) is 3.79 Å². The minimum atomic E-state index is 0.643. The Hall–Kier alpha value is 0.1000. The highest BCUT2D eigenvalue weighted by atomic mass is 79.9. The number of halogens is 1. The van der Waals surface area contributed by atoms with Crippen molar-refractivity contribution in [2.75, 3.05) is 13.2 Å². The molecule has 1 aromatic heterocycles. The summed E-state index contributed by atoms with van der Waals surface area (Å²) < 4.78 is 6.52. The van der Waals surface area contributed by atoms with Gasteiger partial charge in [-0.1, -0.05) is 0 Å². The summed E-state index contributed by atoms with van der Waals surface area (Å²) in [6, 6.07) is 4.91. The van der Waals surface area contributed by atoms with E-state index in [-0.39, 0.29) is 0 Å². The van der Waals surface area contributed by atoms with Crippen molar-refractivity contribution >= 4 is 27.3 Å². The molecule has 0 amide bonds. The molecule has 2 rings (SSSR count).